The minimum absolute atomic E-state index is 0.461. The molecule has 1 unspecified atom stereocenters. The van der Waals surface area contributed by atoms with Crippen molar-refractivity contribution in [3.8, 4) is 0 Å². The van der Waals surface area contributed by atoms with Crippen molar-refractivity contribution >= 4 is 11.5 Å². The Hall–Kier alpha value is -1.35. The smallest absolute Gasteiger partial charge is 0.134 e. The van der Waals surface area contributed by atoms with Gasteiger partial charge in [-0.3, -0.25) is 9.69 Å². The lowest BCUT2D eigenvalue weighted by Crippen LogP contribution is -2.51. The van der Waals surface area contributed by atoms with Crippen molar-refractivity contribution in [2.45, 2.75) is 45.6 Å². The van der Waals surface area contributed by atoms with E-state index in [-0.39, 0.29) is 0 Å². The van der Waals surface area contributed by atoms with Gasteiger partial charge in [0, 0.05) is 50.7 Å². The Labute approximate surface area is 127 Å². The summed E-state index contributed by atoms with van der Waals surface area (Å²) in [7, 11) is 0. The topological polar surface area (TPSA) is 23.6 Å². The van der Waals surface area contributed by atoms with Gasteiger partial charge in [-0.2, -0.15) is 0 Å². The number of anilines is 1. The summed E-state index contributed by atoms with van der Waals surface area (Å²) < 4.78 is 0. The number of ketones is 1. The molecular formula is C18H26N2O. The van der Waals surface area contributed by atoms with Crippen LogP contribution in [0.15, 0.2) is 18.2 Å². The van der Waals surface area contributed by atoms with Gasteiger partial charge in [-0.15, -0.1) is 0 Å². The van der Waals surface area contributed by atoms with Crippen LogP contribution in [0.4, 0.5) is 5.69 Å². The molecule has 3 rings (SSSR count). The van der Waals surface area contributed by atoms with Gasteiger partial charge in [-0.05, 0) is 43.9 Å². The highest BCUT2D eigenvalue weighted by Crippen LogP contribution is 2.26. The summed E-state index contributed by atoms with van der Waals surface area (Å²) in [5, 5.41) is 0. The molecule has 0 amide bonds. The highest BCUT2D eigenvalue weighted by Gasteiger charge is 2.28. The van der Waals surface area contributed by atoms with Gasteiger partial charge < -0.3 is 4.90 Å². The number of piperazine rings is 1. The fraction of sp³-hybridized carbons (Fsp3) is 0.611. The van der Waals surface area contributed by atoms with E-state index in [9.17, 15) is 4.79 Å². The van der Waals surface area contributed by atoms with E-state index in [4.69, 9.17) is 0 Å². The zero-order valence-electron chi connectivity index (χ0n) is 13.3. The van der Waals surface area contributed by atoms with Gasteiger partial charge in [-0.25, -0.2) is 0 Å². The number of Topliss-reactive ketones (excluding diaryl/α,β-unsaturated/α-hetero) is 1. The number of aryl methyl sites for hydroxylation is 1. The van der Waals surface area contributed by atoms with Crippen LogP contribution in [-0.4, -0.2) is 42.9 Å². The number of benzene rings is 1. The summed E-state index contributed by atoms with van der Waals surface area (Å²) in [4.78, 5) is 16.7. The summed E-state index contributed by atoms with van der Waals surface area (Å²) in [6, 6.07) is 7.08. The third-order valence-corrected chi connectivity index (χ3v) is 5.20. The average molecular weight is 286 g/mol. The van der Waals surface area contributed by atoms with Crippen LogP contribution in [0.5, 0.6) is 0 Å². The van der Waals surface area contributed by atoms with Crippen LogP contribution >= 0.6 is 0 Å². The Kier molecular flexibility index (Phi) is 4.29. The van der Waals surface area contributed by atoms with E-state index < -0.39 is 0 Å². The highest BCUT2D eigenvalue weighted by atomic mass is 16.1. The molecule has 1 aromatic carbocycles. The standard InChI is InChI=1S/C18H26N2O/c1-14-5-3-8-18(15(14)2)20-11-9-19(10-12-20)16-6-4-7-17(21)13-16/h3,5,8,16H,4,6-7,9-13H2,1-2H3. The molecule has 0 N–H and O–H groups in total. The second-order valence-corrected chi connectivity index (χ2v) is 6.53. The maximum atomic E-state index is 11.6. The quantitative estimate of drug-likeness (QED) is 0.835. The van der Waals surface area contributed by atoms with E-state index in [1.807, 2.05) is 0 Å². The first kappa shape index (κ1) is 14.6. The number of carbonyl (C=O) groups is 1. The minimum atomic E-state index is 0.461. The molecule has 21 heavy (non-hydrogen) atoms. The monoisotopic (exact) mass is 286 g/mol. The normalized spacial score (nSPS) is 24.4. The zero-order valence-corrected chi connectivity index (χ0v) is 13.3. The number of carbonyl (C=O) groups excluding carboxylic acids is 1. The lowest BCUT2D eigenvalue weighted by molar-refractivity contribution is -0.122. The van der Waals surface area contributed by atoms with Gasteiger partial charge >= 0.3 is 0 Å². The summed E-state index contributed by atoms with van der Waals surface area (Å²) >= 11 is 0. The molecule has 114 valence electrons. The third kappa shape index (κ3) is 3.13. The predicted octanol–water partition coefficient (Wildman–Crippen LogP) is 2.94. The van der Waals surface area contributed by atoms with Crippen LogP contribution in [0, 0.1) is 13.8 Å². The fourth-order valence-electron chi connectivity index (χ4n) is 3.72. The van der Waals surface area contributed by atoms with Crippen LogP contribution in [0.3, 0.4) is 0 Å². The molecule has 2 fully saturated rings. The Balaban J connectivity index is 1.62. The first-order valence-corrected chi connectivity index (χ1v) is 8.22. The summed E-state index contributed by atoms with van der Waals surface area (Å²) in [6.45, 7) is 8.74. The lowest BCUT2D eigenvalue weighted by Gasteiger charge is -2.41. The van der Waals surface area contributed by atoms with Gasteiger partial charge in [0.15, 0.2) is 0 Å². The van der Waals surface area contributed by atoms with E-state index in [1.54, 1.807) is 0 Å². The van der Waals surface area contributed by atoms with Gasteiger partial charge in [0.25, 0.3) is 0 Å². The number of rotatable bonds is 2. The maximum Gasteiger partial charge on any atom is 0.134 e. The molecule has 1 atom stereocenters. The Morgan fingerprint density at radius 1 is 1.10 bits per heavy atom. The molecule has 0 radical (unpaired) electrons. The minimum Gasteiger partial charge on any atom is -0.369 e. The zero-order chi connectivity index (χ0) is 14.8. The molecule has 1 heterocycles. The first-order valence-electron chi connectivity index (χ1n) is 8.22. The van der Waals surface area contributed by atoms with Crippen molar-refractivity contribution < 1.29 is 4.79 Å². The third-order valence-electron chi connectivity index (χ3n) is 5.20. The molecular weight excluding hydrogens is 260 g/mol. The Bertz CT molecular complexity index is 518. The molecule has 0 bridgehead atoms. The van der Waals surface area contributed by atoms with E-state index in [0.717, 1.165) is 45.4 Å². The highest BCUT2D eigenvalue weighted by molar-refractivity contribution is 5.79. The molecule has 0 aromatic heterocycles. The summed E-state index contributed by atoms with van der Waals surface area (Å²) in [6.07, 6.45) is 3.87. The van der Waals surface area contributed by atoms with E-state index in [1.165, 1.54) is 23.2 Å². The fourth-order valence-corrected chi connectivity index (χ4v) is 3.72. The number of hydrogen-bond donors (Lipinski definition) is 0. The van der Waals surface area contributed by atoms with Crippen LogP contribution in [0.1, 0.15) is 36.8 Å². The van der Waals surface area contributed by atoms with Crippen molar-refractivity contribution in [3.63, 3.8) is 0 Å². The lowest BCUT2D eigenvalue weighted by atomic mass is 9.92. The van der Waals surface area contributed by atoms with Crippen LogP contribution in [0.2, 0.25) is 0 Å². The van der Waals surface area contributed by atoms with Gasteiger partial charge in [0.1, 0.15) is 5.78 Å². The van der Waals surface area contributed by atoms with Gasteiger partial charge in [-0.1, -0.05) is 12.1 Å². The predicted molar refractivity (Wildman–Crippen MR) is 87.0 cm³/mol. The Morgan fingerprint density at radius 3 is 2.57 bits per heavy atom. The molecule has 3 nitrogen and oxygen atoms in total. The number of hydrogen-bond acceptors (Lipinski definition) is 3. The van der Waals surface area contributed by atoms with Crippen LogP contribution in [-0.2, 0) is 4.79 Å². The molecule has 3 heteroatoms. The summed E-state index contributed by atoms with van der Waals surface area (Å²) in [5.41, 5.74) is 4.15. The summed E-state index contributed by atoms with van der Waals surface area (Å²) in [5.74, 6) is 0.461. The van der Waals surface area contributed by atoms with E-state index in [0.29, 0.717) is 11.8 Å². The molecule has 2 aliphatic rings. The molecule has 1 aromatic rings. The average Bonchev–Trinajstić information content (AvgIpc) is 2.50. The first-order chi connectivity index (χ1) is 10.1. The SMILES string of the molecule is Cc1cccc(N2CCN(C3CCCC(=O)C3)CC2)c1C. The van der Waals surface area contributed by atoms with E-state index in [2.05, 4.69) is 41.8 Å². The van der Waals surface area contributed by atoms with Crippen molar-refractivity contribution in [3.05, 3.63) is 29.3 Å². The number of nitrogens with zero attached hydrogens (tertiary/aromatic N) is 2. The van der Waals surface area contributed by atoms with Gasteiger partial charge in [0.2, 0.25) is 0 Å². The second kappa shape index (κ2) is 6.18. The van der Waals surface area contributed by atoms with Crippen LogP contribution in [0.25, 0.3) is 0 Å². The largest absolute Gasteiger partial charge is 0.369 e. The van der Waals surface area contributed by atoms with Gasteiger partial charge in [0.05, 0.1) is 0 Å². The molecule has 0 spiro atoms. The van der Waals surface area contributed by atoms with E-state index >= 15 is 0 Å². The maximum absolute atomic E-state index is 11.6. The van der Waals surface area contributed by atoms with Crippen molar-refractivity contribution in [2.24, 2.45) is 0 Å². The molecule has 1 saturated heterocycles. The van der Waals surface area contributed by atoms with Crippen molar-refractivity contribution in [2.75, 3.05) is 31.1 Å². The molecule has 1 saturated carbocycles. The van der Waals surface area contributed by atoms with Crippen molar-refractivity contribution in [1.82, 2.24) is 4.90 Å². The Morgan fingerprint density at radius 2 is 1.86 bits per heavy atom. The molecule has 1 aliphatic carbocycles. The molecule has 1 aliphatic heterocycles. The van der Waals surface area contributed by atoms with Crippen molar-refractivity contribution in [1.29, 1.82) is 0 Å². The van der Waals surface area contributed by atoms with Crippen LogP contribution < -0.4 is 4.90 Å². The second-order valence-electron chi connectivity index (χ2n) is 6.53.